The molecule has 0 aromatic carbocycles. The Morgan fingerprint density at radius 1 is 0.875 bits per heavy atom. The maximum absolute atomic E-state index is 11.9. The quantitative estimate of drug-likeness (QED) is 0.431. The van der Waals surface area contributed by atoms with Gasteiger partial charge in [0, 0.05) is 6.42 Å². The minimum Gasteiger partial charge on any atom is -0.233 e. The van der Waals surface area contributed by atoms with E-state index in [4.69, 9.17) is 0 Å². The average molecular weight is 126 g/mol. The molecule has 46 valence electrons. The molecule has 0 nitrogen and oxygen atoms in total. The van der Waals surface area contributed by atoms with Crippen molar-refractivity contribution in [1.29, 1.82) is 0 Å². The van der Waals surface area contributed by atoms with E-state index in [1.54, 1.807) is 0 Å². The van der Waals surface area contributed by atoms with Crippen LogP contribution in [0, 0.1) is 0 Å². The van der Waals surface area contributed by atoms with Gasteiger partial charge in [-0.3, -0.25) is 0 Å². The molecule has 2 unspecified atom stereocenters. The molecule has 2 aliphatic rings. The van der Waals surface area contributed by atoms with Crippen molar-refractivity contribution in [3.63, 3.8) is 0 Å². The zero-order chi connectivity index (χ0) is 6.21. The summed E-state index contributed by atoms with van der Waals surface area (Å²) in [5.41, 5.74) is -5.50. The van der Waals surface area contributed by atoms with Gasteiger partial charge in [0.15, 0.2) is 0 Å². The van der Waals surface area contributed by atoms with E-state index in [1.807, 2.05) is 0 Å². The van der Waals surface area contributed by atoms with Crippen molar-refractivity contribution in [2.75, 3.05) is 0 Å². The van der Waals surface area contributed by atoms with Gasteiger partial charge in [0.2, 0.25) is 11.3 Å². The second kappa shape index (κ2) is 0.627. The third-order valence-corrected chi connectivity index (χ3v) is 1.92. The molecule has 0 aliphatic heterocycles. The van der Waals surface area contributed by atoms with Gasteiger partial charge in [-0.05, 0) is 0 Å². The third kappa shape index (κ3) is 0.154. The van der Waals surface area contributed by atoms with E-state index in [9.17, 15) is 17.6 Å². The normalized spacial score (nSPS) is 64.5. The predicted molar refractivity (Wildman–Crippen MR) is 17.2 cm³/mol. The van der Waals surface area contributed by atoms with E-state index < -0.39 is 23.7 Å². The van der Waals surface area contributed by atoms with Crippen LogP contribution in [0.3, 0.4) is 0 Å². The highest BCUT2D eigenvalue weighted by atomic mass is 19.3. The second-order valence-electron chi connectivity index (χ2n) is 2.35. The van der Waals surface area contributed by atoms with Gasteiger partial charge in [-0.15, -0.1) is 0 Å². The number of halogens is 4. The molecule has 2 rings (SSSR count). The van der Waals surface area contributed by atoms with Crippen LogP contribution in [0.1, 0.15) is 6.42 Å². The summed E-state index contributed by atoms with van der Waals surface area (Å²) in [6.07, 6.45) is -0.604. The summed E-state index contributed by atoms with van der Waals surface area (Å²) >= 11 is 0. The van der Waals surface area contributed by atoms with Crippen molar-refractivity contribution < 1.29 is 17.6 Å². The number of hydrogen-bond acceptors (Lipinski definition) is 0. The predicted octanol–water partition coefficient (Wildman–Crippen LogP) is 1.46. The van der Waals surface area contributed by atoms with Crippen molar-refractivity contribution >= 4 is 0 Å². The molecule has 0 amide bonds. The maximum Gasteiger partial charge on any atom is 0.321 e. The molecule has 0 bridgehead atoms. The Hall–Kier alpha value is -0.280. The Morgan fingerprint density at radius 2 is 1.12 bits per heavy atom. The molecule has 4 heteroatoms. The van der Waals surface area contributed by atoms with Gasteiger partial charge in [0.05, 0.1) is 0 Å². The summed E-state index contributed by atoms with van der Waals surface area (Å²) in [6.45, 7) is 0. The minimum atomic E-state index is -3.65. The van der Waals surface area contributed by atoms with Crippen molar-refractivity contribution in [2.45, 2.75) is 23.7 Å². The van der Waals surface area contributed by atoms with Crippen LogP contribution in [0.4, 0.5) is 17.6 Å². The van der Waals surface area contributed by atoms with Gasteiger partial charge < -0.3 is 0 Å². The first kappa shape index (κ1) is 4.58. The van der Waals surface area contributed by atoms with Crippen LogP contribution in [-0.2, 0) is 0 Å². The highest BCUT2D eigenvalue weighted by Crippen LogP contribution is 2.85. The zero-order valence-electron chi connectivity index (χ0n) is 3.72. The molecule has 0 aromatic rings. The van der Waals surface area contributed by atoms with Crippen LogP contribution in [-0.4, -0.2) is 17.3 Å². The molecular weight excluding hydrogens is 124 g/mol. The Labute approximate surface area is 42.5 Å². The van der Waals surface area contributed by atoms with Crippen molar-refractivity contribution in [3.8, 4) is 0 Å². The lowest BCUT2D eigenvalue weighted by Gasteiger charge is -1.99. The average Bonchev–Trinajstić information content (AvgIpc) is 2.24. The SMILES string of the molecule is FC1(F)C2(F)CC12F. The van der Waals surface area contributed by atoms with Crippen LogP contribution in [0.5, 0.6) is 0 Å². The molecule has 2 fully saturated rings. The first-order valence-electron chi connectivity index (χ1n) is 2.21. The third-order valence-electron chi connectivity index (χ3n) is 1.92. The second-order valence-corrected chi connectivity index (χ2v) is 2.35. The molecule has 0 radical (unpaired) electrons. The van der Waals surface area contributed by atoms with Gasteiger partial charge in [0.1, 0.15) is 0 Å². The molecule has 0 heterocycles. The van der Waals surface area contributed by atoms with Crippen LogP contribution in [0.15, 0.2) is 0 Å². The first-order valence-corrected chi connectivity index (χ1v) is 2.21. The van der Waals surface area contributed by atoms with E-state index in [2.05, 4.69) is 0 Å². The molecule has 0 spiro atoms. The maximum atomic E-state index is 11.9. The Balaban J connectivity index is 2.36. The fraction of sp³-hybridized carbons (Fsp3) is 1.00. The van der Waals surface area contributed by atoms with Gasteiger partial charge >= 0.3 is 5.92 Å². The topological polar surface area (TPSA) is 0 Å². The van der Waals surface area contributed by atoms with Gasteiger partial charge in [-0.25, -0.2) is 8.78 Å². The van der Waals surface area contributed by atoms with E-state index in [0.29, 0.717) is 0 Å². The van der Waals surface area contributed by atoms with Crippen molar-refractivity contribution in [1.82, 2.24) is 0 Å². The van der Waals surface area contributed by atoms with Crippen LogP contribution < -0.4 is 0 Å². The first-order chi connectivity index (χ1) is 3.46. The lowest BCUT2D eigenvalue weighted by Crippen LogP contribution is -2.16. The van der Waals surface area contributed by atoms with Gasteiger partial charge in [-0.2, -0.15) is 8.78 Å². The largest absolute Gasteiger partial charge is 0.321 e. The molecule has 0 saturated heterocycles. The fourth-order valence-corrected chi connectivity index (χ4v) is 0.942. The number of fused-ring (bicyclic) bond motifs is 1. The highest BCUT2D eigenvalue weighted by molar-refractivity contribution is 5.50. The summed E-state index contributed by atoms with van der Waals surface area (Å²) in [4.78, 5) is 0. The molecule has 0 N–H and O–H groups in total. The molecule has 2 aliphatic carbocycles. The van der Waals surface area contributed by atoms with Crippen LogP contribution >= 0.6 is 0 Å². The van der Waals surface area contributed by atoms with Crippen molar-refractivity contribution in [2.24, 2.45) is 0 Å². The highest BCUT2D eigenvalue weighted by Gasteiger charge is 3.10. The van der Waals surface area contributed by atoms with Crippen LogP contribution in [0.25, 0.3) is 0 Å². The Morgan fingerprint density at radius 3 is 1.12 bits per heavy atom. The van der Waals surface area contributed by atoms with E-state index in [1.165, 1.54) is 0 Å². The monoisotopic (exact) mass is 126 g/mol. The van der Waals surface area contributed by atoms with Crippen molar-refractivity contribution in [3.05, 3.63) is 0 Å². The van der Waals surface area contributed by atoms with E-state index in [0.717, 1.165) is 0 Å². The minimum absolute atomic E-state index is 0.604. The van der Waals surface area contributed by atoms with Crippen LogP contribution in [0.2, 0.25) is 0 Å². The zero-order valence-corrected chi connectivity index (χ0v) is 3.72. The van der Waals surface area contributed by atoms with E-state index >= 15 is 0 Å². The Kier molecular flexibility index (Phi) is 0.360. The smallest absolute Gasteiger partial charge is 0.233 e. The summed E-state index contributed by atoms with van der Waals surface area (Å²) in [6, 6.07) is 0. The summed E-state index contributed by atoms with van der Waals surface area (Å²) in [7, 11) is 0. The standard InChI is InChI=1S/C4H2F4/c5-2-1-3(2,6)4(2,7)8/h1H2. The lowest BCUT2D eigenvalue weighted by molar-refractivity contribution is -0.0155. The number of alkyl halides is 4. The summed E-state index contributed by atoms with van der Waals surface area (Å²) in [5, 5.41) is 0. The number of rotatable bonds is 0. The lowest BCUT2D eigenvalue weighted by atomic mass is 10.3. The fourth-order valence-electron chi connectivity index (χ4n) is 0.942. The van der Waals surface area contributed by atoms with E-state index in [-0.39, 0.29) is 0 Å². The molecule has 2 saturated carbocycles. The molecular formula is C4H2F4. The summed E-state index contributed by atoms with van der Waals surface area (Å²) < 4.78 is 47.0. The molecule has 8 heavy (non-hydrogen) atoms. The van der Waals surface area contributed by atoms with Gasteiger partial charge in [-0.1, -0.05) is 0 Å². The Bertz CT molecular complexity index is 131. The van der Waals surface area contributed by atoms with Gasteiger partial charge in [0.25, 0.3) is 0 Å². The summed E-state index contributed by atoms with van der Waals surface area (Å²) in [5.74, 6) is -3.65. The molecule has 2 atom stereocenters. The molecule has 0 aromatic heterocycles. The number of hydrogen-bond donors (Lipinski definition) is 0.